The van der Waals surface area contributed by atoms with Crippen molar-refractivity contribution < 1.29 is 26.4 Å². The fourth-order valence-corrected chi connectivity index (χ4v) is 5.92. The summed E-state index contributed by atoms with van der Waals surface area (Å²) in [5.74, 6) is 0.303. The first-order valence-corrected chi connectivity index (χ1v) is 13.8. The van der Waals surface area contributed by atoms with Gasteiger partial charge in [0.05, 0.1) is 22.6 Å². The normalized spacial score (nSPS) is 14.1. The highest BCUT2D eigenvalue weighted by Gasteiger charge is 2.27. The Hall–Kier alpha value is -3.57. The number of methoxy groups -OCH3 is 1. The molecule has 0 bridgehead atoms. The van der Waals surface area contributed by atoms with Crippen LogP contribution in [0.25, 0.3) is 0 Å². The highest BCUT2D eigenvalue weighted by molar-refractivity contribution is 7.93. The number of carbonyl (C=O) groups is 1. The van der Waals surface area contributed by atoms with Crippen molar-refractivity contribution >= 4 is 43.0 Å². The molecule has 1 saturated heterocycles. The average Bonchev–Trinajstić information content (AvgIpc) is 3.24. The molecule has 3 aromatic carbocycles. The predicted octanol–water partition coefficient (Wildman–Crippen LogP) is 3.73. The van der Waals surface area contributed by atoms with E-state index in [1.165, 1.54) is 54.5 Å². The third-order valence-corrected chi connectivity index (χ3v) is 8.29. The molecule has 0 spiro atoms. The maximum atomic E-state index is 13.0. The van der Waals surface area contributed by atoms with E-state index >= 15 is 0 Å². The first-order valence-electron chi connectivity index (χ1n) is 10.8. The summed E-state index contributed by atoms with van der Waals surface area (Å²) < 4.78 is 61.7. The van der Waals surface area contributed by atoms with E-state index in [-0.39, 0.29) is 21.4 Å². The Morgan fingerprint density at radius 1 is 0.829 bits per heavy atom. The van der Waals surface area contributed by atoms with Gasteiger partial charge in [0.2, 0.25) is 5.91 Å². The van der Waals surface area contributed by atoms with Crippen LogP contribution in [0.1, 0.15) is 18.4 Å². The number of anilines is 3. The summed E-state index contributed by atoms with van der Waals surface area (Å²) in [7, 11) is -6.41. The van der Waals surface area contributed by atoms with Crippen molar-refractivity contribution in [1.29, 1.82) is 0 Å². The summed E-state index contributed by atoms with van der Waals surface area (Å²) in [6.07, 6.45) is 1.08. The van der Waals surface area contributed by atoms with E-state index in [4.69, 9.17) is 4.74 Å². The minimum Gasteiger partial charge on any atom is -0.495 e. The highest BCUT2D eigenvalue weighted by atomic mass is 32.2. The molecule has 1 aliphatic rings. The van der Waals surface area contributed by atoms with Gasteiger partial charge in [0.15, 0.2) is 0 Å². The van der Waals surface area contributed by atoms with Gasteiger partial charge in [-0.05, 0) is 73.5 Å². The van der Waals surface area contributed by atoms with Crippen molar-refractivity contribution in [2.75, 3.05) is 28.0 Å². The molecule has 184 valence electrons. The molecule has 0 atom stereocenters. The predicted molar refractivity (Wildman–Crippen MR) is 134 cm³/mol. The number of hydrogen-bond acceptors (Lipinski definition) is 6. The van der Waals surface area contributed by atoms with Gasteiger partial charge in [-0.3, -0.25) is 14.2 Å². The zero-order valence-corrected chi connectivity index (χ0v) is 20.8. The second-order valence-corrected chi connectivity index (χ2v) is 11.5. The van der Waals surface area contributed by atoms with Crippen LogP contribution in [0.5, 0.6) is 5.75 Å². The topological polar surface area (TPSA) is 122 Å². The molecular formula is C24H25N3O6S2. The van der Waals surface area contributed by atoms with Gasteiger partial charge in [-0.25, -0.2) is 16.8 Å². The summed E-state index contributed by atoms with van der Waals surface area (Å²) in [6.45, 7) is 2.34. The van der Waals surface area contributed by atoms with Crippen LogP contribution in [-0.2, 0) is 24.8 Å². The van der Waals surface area contributed by atoms with E-state index in [1.807, 2.05) is 13.0 Å². The van der Waals surface area contributed by atoms with E-state index in [9.17, 15) is 21.6 Å². The molecule has 0 aliphatic carbocycles. The van der Waals surface area contributed by atoms with E-state index in [2.05, 4.69) is 9.44 Å². The summed E-state index contributed by atoms with van der Waals surface area (Å²) >= 11 is 0. The number of carbonyl (C=O) groups excluding carboxylic acids is 1. The van der Waals surface area contributed by atoms with Gasteiger partial charge in [0.1, 0.15) is 5.75 Å². The van der Waals surface area contributed by atoms with Gasteiger partial charge >= 0.3 is 0 Å². The monoisotopic (exact) mass is 515 g/mol. The maximum absolute atomic E-state index is 13.0. The van der Waals surface area contributed by atoms with Gasteiger partial charge < -0.3 is 9.64 Å². The molecule has 0 unspecified atom stereocenters. The Morgan fingerprint density at radius 2 is 1.49 bits per heavy atom. The van der Waals surface area contributed by atoms with E-state index in [1.54, 1.807) is 18.2 Å². The zero-order valence-electron chi connectivity index (χ0n) is 19.2. The first kappa shape index (κ1) is 24.6. The summed E-state index contributed by atoms with van der Waals surface area (Å²) in [6, 6.07) is 16.6. The average molecular weight is 516 g/mol. The van der Waals surface area contributed by atoms with Crippen LogP contribution >= 0.6 is 0 Å². The van der Waals surface area contributed by atoms with E-state index in [0.29, 0.717) is 36.5 Å². The Balaban J connectivity index is 1.55. The van der Waals surface area contributed by atoms with Crippen molar-refractivity contribution in [3.05, 3.63) is 72.3 Å². The lowest BCUT2D eigenvalue weighted by Gasteiger charge is -2.20. The van der Waals surface area contributed by atoms with Crippen LogP contribution in [-0.4, -0.2) is 36.4 Å². The Kier molecular flexibility index (Phi) is 6.73. The highest BCUT2D eigenvalue weighted by Crippen LogP contribution is 2.34. The molecule has 11 heteroatoms. The maximum Gasteiger partial charge on any atom is 0.261 e. The lowest BCUT2D eigenvalue weighted by atomic mass is 10.2. The molecule has 0 radical (unpaired) electrons. The van der Waals surface area contributed by atoms with E-state index in [0.717, 1.165) is 5.56 Å². The van der Waals surface area contributed by atoms with Crippen LogP contribution < -0.4 is 19.1 Å². The number of amides is 1. The molecule has 35 heavy (non-hydrogen) atoms. The van der Waals surface area contributed by atoms with Gasteiger partial charge in [-0.1, -0.05) is 12.1 Å². The fraction of sp³-hybridized carbons (Fsp3) is 0.208. The molecule has 0 saturated carbocycles. The van der Waals surface area contributed by atoms with Gasteiger partial charge in [-0.15, -0.1) is 0 Å². The summed E-state index contributed by atoms with van der Waals surface area (Å²) in [5.41, 5.74) is 1.92. The smallest absolute Gasteiger partial charge is 0.261 e. The number of nitrogens with one attached hydrogen (secondary N) is 2. The third kappa shape index (κ3) is 5.41. The Labute approximate surface area is 204 Å². The van der Waals surface area contributed by atoms with Crippen LogP contribution in [0, 0.1) is 6.92 Å². The number of rotatable bonds is 8. The number of nitrogens with zero attached hydrogens (tertiary/aromatic N) is 1. The molecule has 3 aromatic rings. The third-order valence-electron chi connectivity index (χ3n) is 5.51. The quantitative estimate of drug-likeness (QED) is 0.471. The van der Waals surface area contributed by atoms with Gasteiger partial charge in [0, 0.05) is 24.3 Å². The Morgan fingerprint density at radius 3 is 2.11 bits per heavy atom. The van der Waals surface area contributed by atoms with Crippen molar-refractivity contribution in [2.45, 2.75) is 29.6 Å². The van der Waals surface area contributed by atoms with Crippen LogP contribution in [0.15, 0.2) is 76.5 Å². The number of ether oxygens (including phenoxy) is 1. The van der Waals surface area contributed by atoms with Crippen LogP contribution in [0.3, 0.4) is 0 Å². The summed E-state index contributed by atoms with van der Waals surface area (Å²) in [5, 5.41) is 0. The molecule has 1 heterocycles. The molecular weight excluding hydrogens is 490 g/mol. The second kappa shape index (κ2) is 9.59. The van der Waals surface area contributed by atoms with Crippen LogP contribution in [0.4, 0.5) is 17.1 Å². The molecule has 4 rings (SSSR count). The molecule has 1 amide bonds. The van der Waals surface area contributed by atoms with Crippen LogP contribution in [0.2, 0.25) is 0 Å². The molecule has 2 N–H and O–H groups in total. The number of aryl methyl sites for hydroxylation is 1. The lowest BCUT2D eigenvalue weighted by molar-refractivity contribution is -0.117. The first-order chi connectivity index (χ1) is 16.6. The minimum absolute atomic E-state index is 0.0127. The van der Waals surface area contributed by atoms with Crippen molar-refractivity contribution in [3.63, 3.8) is 0 Å². The van der Waals surface area contributed by atoms with Gasteiger partial charge in [-0.2, -0.15) is 0 Å². The molecule has 1 fully saturated rings. The standard InChI is InChI=1S/C24H25N3O6S2/c1-17-5-3-6-19(15-17)26-34(29,30)20-10-8-18(9-11-20)25-35(31,32)21-12-13-23(33-2)22(16-21)27-14-4-7-24(27)28/h3,5-6,8-13,15-16,25-26H,4,7,14H2,1-2H3. The number of sulfonamides is 2. The molecule has 1 aliphatic heterocycles. The van der Waals surface area contributed by atoms with Crippen molar-refractivity contribution in [2.24, 2.45) is 0 Å². The van der Waals surface area contributed by atoms with E-state index < -0.39 is 20.0 Å². The zero-order chi connectivity index (χ0) is 25.2. The van der Waals surface area contributed by atoms with Gasteiger partial charge in [0.25, 0.3) is 20.0 Å². The van der Waals surface area contributed by atoms with Crippen molar-refractivity contribution in [3.8, 4) is 5.75 Å². The SMILES string of the molecule is COc1ccc(S(=O)(=O)Nc2ccc(S(=O)(=O)Nc3cccc(C)c3)cc2)cc1N1CCCC1=O. The number of hydrogen-bond donors (Lipinski definition) is 2. The minimum atomic E-state index is -4.02. The van der Waals surface area contributed by atoms with Crippen molar-refractivity contribution in [1.82, 2.24) is 0 Å². The second-order valence-electron chi connectivity index (χ2n) is 8.09. The molecule has 0 aromatic heterocycles. The molecule has 9 nitrogen and oxygen atoms in total. The Bertz CT molecular complexity index is 1470. The largest absolute Gasteiger partial charge is 0.495 e. The lowest BCUT2D eigenvalue weighted by Crippen LogP contribution is -2.25. The fourth-order valence-electron chi connectivity index (χ4n) is 3.79. The summed E-state index contributed by atoms with van der Waals surface area (Å²) in [4.78, 5) is 13.6. The number of benzene rings is 3.